The number of hydrogen-bond acceptors (Lipinski definition) is 6. The van der Waals surface area contributed by atoms with Crippen LogP contribution in [0.5, 0.6) is 0 Å². The van der Waals surface area contributed by atoms with Gasteiger partial charge in [0.2, 0.25) is 0 Å². The largest absolute Gasteiger partial charge is 0.391 e. The number of hydrogen-bond donors (Lipinski definition) is 0. The molecule has 0 unspecified atom stereocenters. The molecular weight excluding hydrogens is 622 g/mol. The Morgan fingerprint density at radius 2 is 1.49 bits per heavy atom. The number of pyridine rings is 1. The minimum Gasteiger partial charge on any atom is -0.381 e. The second-order valence-corrected chi connectivity index (χ2v) is 26.0. The quantitative estimate of drug-likeness (QED) is 0.130. The van der Waals surface area contributed by atoms with E-state index in [2.05, 4.69) is 44.3 Å². The summed E-state index contributed by atoms with van der Waals surface area (Å²) in [4.78, 5) is 32.5. The molecule has 0 aromatic carbocycles. The molecule has 0 radical (unpaired) electrons. The summed E-state index contributed by atoms with van der Waals surface area (Å²) in [5.41, 5.74) is 0.342. The van der Waals surface area contributed by atoms with Crippen LogP contribution < -0.4 is 11.2 Å². The summed E-state index contributed by atoms with van der Waals surface area (Å²) in [6.07, 6.45) is 0.919. The highest BCUT2D eigenvalue weighted by atomic mass is 28.3. The average Bonchev–Trinajstić information content (AvgIpc) is 3.35. The van der Waals surface area contributed by atoms with Crippen LogP contribution in [0.4, 0.5) is 13.2 Å². The molecule has 45 heavy (non-hydrogen) atoms. The third kappa shape index (κ3) is 9.86. The Morgan fingerprint density at radius 1 is 0.867 bits per heavy atom. The first-order valence-corrected chi connectivity index (χ1v) is 23.4. The van der Waals surface area contributed by atoms with Gasteiger partial charge in [-0.25, -0.2) is 14.3 Å². The highest BCUT2D eigenvalue weighted by Crippen LogP contribution is 2.34. The zero-order chi connectivity index (χ0) is 33.0. The minimum atomic E-state index is -4.24. The Balaban J connectivity index is 1.63. The van der Waals surface area contributed by atoms with E-state index in [0.717, 1.165) is 12.1 Å². The van der Waals surface area contributed by atoms with Crippen molar-refractivity contribution in [1.82, 2.24) is 18.7 Å². The van der Waals surface area contributed by atoms with Gasteiger partial charge < -0.3 is 18.8 Å². The molecule has 1 fully saturated rings. The summed E-state index contributed by atoms with van der Waals surface area (Å²) in [5.74, 6) is 0.114. The Labute approximate surface area is 264 Å². The van der Waals surface area contributed by atoms with Gasteiger partial charge in [0.05, 0.1) is 23.9 Å². The molecule has 1 aliphatic carbocycles. The summed E-state index contributed by atoms with van der Waals surface area (Å²) in [6, 6.07) is 3.64. The van der Waals surface area contributed by atoms with E-state index in [1.807, 2.05) is 16.8 Å². The molecule has 14 heteroatoms. The molecule has 3 heterocycles. The molecule has 4 rings (SSSR count). The fourth-order valence-electron chi connectivity index (χ4n) is 5.64. The number of nitrogens with zero attached hydrogens (tertiary/aromatic N) is 4. The summed E-state index contributed by atoms with van der Waals surface area (Å²) < 4.78 is 59.5. The lowest BCUT2D eigenvalue weighted by Gasteiger charge is -2.31. The van der Waals surface area contributed by atoms with E-state index in [4.69, 9.17) is 14.2 Å². The fraction of sp³-hybridized carbons (Fsp3) is 0.710. The predicted octanol–water partition coefficient (Wildman–Crippen LogP) is 6.84. The lowest BCUT2D eigenvalue weighted by molar-refractivity contribution is -0.146. The van der Waals surface area contributed by atoms with Crippen molar-refractivity contribution in [1.29, 1.82) is 0 Å². The highest BCUT2D eigenvalue weighted by molar-refractivity contribution is 6.76. The monoisotopic (exact) mass is 670 g/mol. The molecule has 0 spiro atoms. The van der Waals surface area contributed by atoms with E-state index in [0.29, 0.717) is 67.6 Å². The fourth-order valence-corrected chi connectivity index (χ4v) is 7.15. The molecule has 3 aromatic rings. The summed E-state index contributed by atoms with van der Waals surface area (Å²) in [6.45, 7) is 14.8. The second-order valence-electron chi connectivity index (χ2n) is 14.7. The van der Waals surface area contributed by atoms with E-state index in [1.54, 1.807) is 10.8 Å². The van der Waals surface area contributed by atoms with Gasteiger partial charge >= 0.3 is 11.9 Å². The third-order valence-corrected chi connectivity index (χ3v) is 11.8. The van der Waals surface area contributed by atoms with Gasteiger partial charge in [0.1, 0.15) is 19.1 Å². The average molecular weight is 671 g/mol. The smallest absolute Gasteiger partial charge is 0.381 e. The van der Waals surface area contributed by atoms with E-state index >= 15 is 0 Å². The van der Waals surface area contributed by atoms with E-state index < -0.39 is 40.0 Å². The maximum absolute atomic E-state index is 14.1. The number of fused-ring (bicyclic) bond motifs is 3. The van der Waals surface area contributed by atoms with Crippen LogP contribution in [-0.4, -0.2) is 67.4 Å². The number of rotatable bonds is 15. The van der Waals surface area contributed by atoms with Gasteiger partial charge in [0.15, 0.2) is 0 Å². The predicted molar refractivity (Wildman–Crippen MR) is 176 cm³/mol. The molecule has 1 aliphatic rings. The second kappa shape index (κ2) is 14.7. The Kier molecular flexibility index (Phi) is 11.6. The van der Waals surface area contributed by atoms with Crippen molar-refractivity contribution in [3.63, 3.8) is 0 Å². The van der Waals surface area contributed by atoms with Gasteiger partial charge in [-0.2, -0.15) is 13.2 Å². The van der Waals surface area contributed by atoms with Crippen LogP contribution in [0, 0.1) is 5.92 Å². The summed E-state index contributed by atoms with van der Waals surface area (Å²) >= 11 is 0. The Morgan fingerprint density at radius 3 is 2.09 bits per heavy atom. The highest BCUT2D eigenvalue weighted by Gasteiger charge is 2.29. The van der Waals surface area contributed by atoms with Crippen LogP contribution in [0.3, 0.4) is 0 Å². The normalized spacial score (nSPS) is 18.3. The van der Waals surface area contributed by atoms with Crippen molar-refractivity contribution in [3.05, 3.63) is 39.3 Å². The molecule has 0 atom stereocenters. The van der Waals surface area contributed by atoms with Gasteiger partial charge in [-0.15, -0.1) is 0 Å². The van der Waals surface area contributed by atoms with E-state index in [-0.39, 0.29) is 31.9 Å². The van der Waals surface area contributed by atoms with Gasteiger partial charge in [0, 0.05) is 59.8 Å². The molecule has 3 aromatic heterocycles. The van der Waals surface area contributed by atoms with Crippen molar-refractivity contribution >= 4 is 38.1 Å². The Bertz CT molecular complexity index is 1550. The lowest BCUT2D eigenvalue weighted by atomic mass is 9.86. The molecule has 0 aliphatic heterocycles. The zero-order valence-electron chi connectivity index (χ0n) is 27.5. The van der Waals surface area contributed by atoms with E-state index in [1.165, 1.54) is 4.57 Å². The maximum Gasteiger partial charge on any atom is 0.391 e. The number of halogens is 3. The molecule has 9 nitrogen and oxygen atoms in total. The lowest BCUT2D eigenvalue weighted by Crippen LogP contribution is -2.43. The molecule has 0 bridgehead atoms. The van der Waals surface area contributed by atoms with Crippen molar-refractivity contribution in [2.45, 2.75) is 109 Å². The summed E-state index contributed by atoms with van der Waals surface area (Å²) in [5, 5.41) is 1.06. The van der Waals surface area contributed by atoms with Crippen LogP contribution in [0.2, 0.25) is 51.4 Å². The minimum absolute atomic E-state index is 0.114. The summed E-state index contributed by atoms with van der Waals surface area (Å²) in [7, 11) is -2.61. The van der Waals surface area contributed by atoms with Crippen LogP contribution in [0.25, 0.3) is 21.9 Å². The van der Waals surface area contributed by atoms with Crippen LogP contribution >= 0.6 is 0 Å². The van der Waals surface area contributed by atoms with Crippen molar-refractivity contribution in [3.8, 4) is 0 Å². The SMILES string of the molecule is C[Si](C)(C)CCOCn1c(=O)c2cnc3c(ccn3COCC[Si](C)(C)C)c2n(C2CCC(COCCC(F)(F)F)CC2)c1=O. The third-order valence-electron chi connectivity index (χ3n) is 8.42. The van der Waals surface area contributed by atoms with E-state index in [9.17, 15) is 22.8 Å². The van der Waals surface area contributed by atoms with Crippen LogP contribution in [-0.2, 0) is 27.7 Å². The van der Waals surface area contributed by atoms with Crippen molar-refractivity contribution in [2.24, 2.45) is 5.92 Å². The molecular formula is C31H49F3N4O5Si2. The first-order valence-electron chi connectivity index (χ1n) is 16.0. The number of aromatic nitrogens is 4. The molecule has 1 saturated carbocycles. The standard InChI is InChI=1S/C31H49F3N4O5Si2/c1-44(2,3)17-15-42-21-36-13-11-25-27-26(19-35-28(25)36)29(39)37(22-43-16-18-45(4,5)6)30(40)38(27)24-9-7-23(8-10-24)20-41-14-12-31(32,33)34/h11,13,19,23-24H,7-10,12,14-18,20-22H2,1-6H3. The molecule has 0 N–H and O–H groups in total. The number of ether oxygens (including phenoxy) is 3. The Hall–Kier alpha value is -2.27. The van der Waals surface area contributed by atoms with Crippen molar-refractivity contribution in [2.75, 3.05) is 26.4 Å². The molecule has 0 saturated heterocycles. The van der Waals surface area contributed by atoms with Crippen molar-refractivity contribution < 1.29 is 27.4 Å². The first kappa shape index (κ1) is 35.6. The van der Waals surface area contributed by atoms with Gasteiger partial charge in [-0.1, -0.05) is 39.3 Å². The molecule has 0 amide bonds. The van der Waals surface area contributed by atoms with Gasteiger partial charge in [0.25, 0.3) is 5.56 Å². The first-order chi connectivity index (χ1) is 21.0. The van der Waals surface area contributed by atoms with Gasteiger partial charge in [-0.05, 0) is 49.8 Å². The van der Waals surface area contributed by atoms with Crippen LogP contribution in [0.1, 0.15) is 38.1 Å². The zero-order valence-corrected chi connectivity index (χ0v) is 29.5. The number of alkyl halides is 3. The van der Waals surface area contributed by atoms with Gasteiger partial charge in [-0.3, -0.25) is 9.36 Å². The molecule has 252 valence electrons. The maximum atomic E-state index is 14.1. The van der Waals surface area contributed by atoms with Crippen LogP contribution in [0.15, 0.2) is 28.0 Å². The topological polar surface area (TPSA) is 89.5 Å².